The topological polar surface area (TPSA) is 84.5 Å². The third-order valence-corrected chi connectivity index (χ3v) is 3.97. The number of alkyl halides is 3. The molecular weight excluding hydrogens is 349 g/mol. The fourth-order valence-electron chi connectivity index (χ4n) is 1.55. The molecule has 0 saturated heterocycles. The van der Waals surface area contributed by atoms with Crippen molar-refractivity contribution < 1.29 is 31.1 Å². The van der Waals surface area contributed by atoms with Gasteiger partial charge >= 0.3 is 6.18 Å². The van der Waals surface area contributed by atoms with E-state index < -0.39 is 28.7 Å². The molecular formula is C14H15F3N2O4S. The molecule has 24 heavy (non-hydrogen) atoms. The fraction of sp³-hybridized carbons (Fsp3) is 0.357. The Bertz CT molecular complexity index is 711. The second-order valence-electron chi connectivity index (χ2n) is 4.48. The van der Waals surface area contributed by atoms with Gasteiger partial charge in [-0.05, 0) is 18.2 Å². The molecule has 1 aromatic rings. The second kappa shape index (κ2) is 8.68. The summed E-state index contributed by atoms with van der Waals surface area (Å²) in [5.74, 6) is 1.48. The number of terminal acetylenes is 1. The molecule has 0 radical (unpaired) electrons. The van der Waals surface area contributed by atoms with E-state index in [4.69, 9.17) is 6.42 Å². The number of nitrogens with one attached hydrogen (secondary N) is 2. The number of benzene rings is 1. The van der Waals surface area contributed by atoms with E-state index in [-0.39, 0.29) is 30.2 Å². The van der Waals surface area contributed by atoms with Crippen LogP contribution in [-0.4, -0.2) is 46.8 Å². The van der Waals surface area contributed by atoms with Crippen molar-refractivity contribution in [2.24, 2.45) is 0 Å². The van der Waals surface area contributed by atoms with E-state index >= 15 is 0 Å². The molecule has 1 rings (SSSR count). The zero-order chi connectivity index (χ0) is 18.2. The standard InChI is InChI=1S/C14H15F3N2O4S/c1-2-6-19-24(21,22)12-5-3-4-11(9-12)13(20)18-7-8-23-10-14(15,16)17/h1,3-5,9,19H,6-8,10H2,(H,18,20). The molecule has 0 saturated carbocycles. The van der Waals surface area contributed by atoms with E-state index in [0.717, 1.165) is 6.07 Å². The van der Waals surface area contributed by atoms with Crippen molar-refractivity contribution in [1.29, 1.82) is 0 Å². The van der Waals surface area contributed by atoms with Crippen LogP contribution < -0.4 is 10.0 Å². The first-order valence-corrected chi connectivity index (χ1v) is 8.10. The molecule has 0 spiro atoms. The molecule has 0 aliphatic heterocycles. The Morgan fingerprint density at radius 3 is 2.67 bits per heavy atom. The number of carbonyl (C=O) groups excluding carboxylic acids is 1. The minimum absolute atomic E-state index is 0.0365. The summed E-state index contributed by atoms with van der Waals surface area (Å²) >= 11 is 0. The largest absolute Gasteiger partial charge is 0.411 e. The van der Waals surface area contributed by atoms with Crippen LogP contribution >= 0.6 is 0 Å². The first kappa shape index (κ1) is 20.0. The van der Waals surface area contributed by atoms with Crippen molar-refractivity contribution in [3.8, 4) is 12.3 Å². The molecule has 0 aliphatic carbocycles. The Hall–Kier alpha value is -2.09. The maximum absolute atomic E-state index is 11.9. The van der Waals surface area contributed by atoms with Crippen LogP contribution in [0.2, 0.25) is 0 Å². The molecule has 1 aromatic carbocycles. The highest BCUT2D eigenvalue weighted by Gasteiger charge is 2.27. The Balaban J connectivity index is 2.60. The van der Waals surface area contributed by atoms with Crippen LogP contribution in [-0.2, 0) is 14.8 Å². The highest BCUT2D eigenvalue weighted by Crippen LogP contribution is 2.14. The minimum Gasteiger partial charge on any atom is -0.370 e. The summed E-state index contributed by atoms with van der Waals surface area (Å²) in [5.41, 5.74) is 0.0365. The van der Waals surface area contributed by atoms with E-state index in [0.29, 0.717) is 0 Å². The summed E-state index contributed by atoms with van der Waals surface area (Å²) in [6.07, 6.45) is 0.542. The van der Waals surface area contributed by atoms with Crippen LogP contribution in [0.25, 0.3) is 0 Å². The minimum atomic E-state index is -4.43. The molecule has 0 bridgehead atoms. The van der Waals surface area contributed by atoms with Gasteiger partial charge in [-0.3, -0.25) is 4.79 Å². The molecule has 10 heteroatoms. The van der Waals surface area contributed by atoms with Crippen LogP contribution in [0.1, 0.15) is 10.4 Å². The average molecular weight is 364 g/mol. The van der Waals surface area contributed by atoms with Crippen molar-refractivity contribution in [2.75, 3.05) is 26.3 Å². The monoisotopic (exact) mass is 364 g/mol. The molecule has 6 nitrogen and oxygen atoms in total. The molecule has 0 aliphatic rings. The maximum atomic E-state index is 11.9. The molecule has 1 amide bonds. The molecule has 0 unspecified atom stereocenters. The van der Waals surface area contributed by atoms with E-state index in [9.17, 15) is 26.4 Å². The number of carbonyl (C=O) groups is 1. The first-order valence-electron chi connectivity index (χ1n) is 6.61. The fourth-order valence-corrected chi connectivity index (χ4v) is 2.53. The van der Waals surface area contributed by atoms with Crippen LogP contribution in [0.15, 0.2) is 29.2 Å². The highest BCUT2D eigenvalue weighted by atomic mass is 32.2. The summed E-state index contributed by atoms with van der Waals surface area (Å²) in [4.78, 5) is 11.7. The average Bonchev–Trinajstić information content (AvgIpc) is 2.51. The lowest BCUT2D eigenvalue weighted by Crippen LogP contribution is -2.29. The van der Waals surface area contributed by atoms with Crippen molar-refractivity contribution in [2.45, 2.75) is 11.1 Å². The molecule has 0 atom stereocenters. The van der Waals surface area contributed by atoms with Gasteiger partial charge in [0, 0.05) is 12.1 Å². The molecule has 0 aromatic heterocycles. The van der Waals surface area contributed by atoms with Crippen molar-refractivity contribution in [3.05, 3.63) is 29.8 Å². The smallest absolute Gasteiger partial charge is 0.370 e. The van der Waals surface area contributed by atoms with Gasteiger partial charge in [-0.15, -0.1) is 6.42 Å². The van der Waals surface area contributed by atoms with E-state index in [1.165, 1.54) is 18.2 Å². The Morgan fingerprint density at radius 1 is 1.33 bits per heavy atom. The van der Waals surface area contributed by atoms with Gasteiger partial charge in [-0.2, -0.15) is 17.9 Å². The third-order valence-electron chi connectivity index (χ3n) is 2.57. The predicted octanol–water partition coefficient (Wildman–Crippen LogP) is 0.907. The van der Waals surface area contributed by atoms with Gasteiger partial charge in [-0.25, -0.2) is 8.42 Å². The lowest BCUT2D eigenvalue weighted by atomic mass is 10.2. The van der Waals surface area contributed by atoms with Gasteiger partial charge < -0.3 is 10.1 Å². The zero-order valence-electron chi connectivity index (χ0n) is 12.4. The number of rotatable bonds is 8. The first-order chi connectivity index (χ1) is 11.2. The number of halogens is 3. The summed E-state index contributed by atoms with van der Waals surface area (Å²) < 4.78 is 65.9. The third kappa shape index (κ3) is 6.99. The van der Waals surface area contributed by atoms with E-state index in [1.54, 1.807) is 0 Å². The van der Waals surface area contributed by atoms with Crippen molar-refractivity contribution in [3.63, 3.8) is 0 Å². The second-order valence-corrected chi connectivity index (χ2v) is 6.25. The summed E-state index contributed by atoms with van der Waals surface area (Å²) in [5, 5.41) is 2.33. The SMILES string of the molecule is C#CCNS(=O)(=O)c1cccc(C(=O)NCCOCC(F)(F)F)c1. The number of amides is 1. The van der Waals surface area contributed by atoms with Gasteiger partial charge in [-0.1, -0.05) is 12.0 Å². The van der Waals surface area contributed by atoms with Crippen LogP contribution in [0.4, 0.5) is 13.2 Å². The highest BCUT2D eigenvalue weighted by molar-refractivity contribution is 7.89. The van der Waals surface area contributed by atoms with Crippen LogP contribution in [0.5, 0.6) is 0 Å². The Labute approximate surface area is 137 Å². The van der Waals surface area contributed by atoms with Gasteiger partial charge in [0.1, 0.15) is 6.61 Å². The number of hydrogen-bond acceptors (Lipinski definition) is 4. The number of sulfonamides is 1. The summed E-state index contributed by atoms with van der Waals surface area (Å²) in [7, 11) is -3.85. The predicted molar refractivity (Wildman–Crippen MR) is 79.7 cm³/mol. The summed E-state index contributed by atoms with van der Waals surface area (Å²) in [6, 6.07) is 5.14. The van der Waals surface area contributed by atoms with Crippen molar-refractivity contribution in [1.82, 2.24) is 10.0 Å². The zero-order valence-corrected chi connectivity index (χ0v) is 13.2. The van der Waals surface area contributed by atoms with E-state index in [1.807, 2.05) is 0 Å². The normalized spacial score (nSPS) is 11.8. The lowest BCUT2D eigenvalue weighted by Gasteiger charge is -2.09. The van der Waals surface area contributed by atoms with Gasteiger partial charge in [0.15, 0.2) is 0 Å². The van der Waals surface area contributed by atoms with Gasteiger partial charge in [0.25, 0.3) is 5.91 Å². The molecule has 132 valence electrons. The van der Waals surface area contributed by atoms with Crippen LogP contribution in [0, 0.1) is 12.3 Å². The number of hydrogen-bond donors (Lipinski definition) is 2. The Morgan fingerprint density at radius 2 is 2.04 bits per heavy atom. The van der Waals surface area contributed by atoms with Gasteiger partial charge in [0.2, 0.25) is 10.0 Å². The lowest BCUT2D eigenvalue weighted by molar-refractivity contribution is -0.173. The van der Waals surface area contributed by atoms with E-state index in [2.05, 4.69) is 20.7 Å². The quantitative estimate of drug-likeness (QED) is 0.530. The van der Waals surface area contributed by atoms with Crippen LogP contribution in [0.3, 0.4) is 0 Å². The summed E-state index contributed by atoms with van der Waals surface area (Å²) in [6.45, 7) is -2.08. The maximum Gasteiger partial charge on any atom is 0.411 e. The van der Waals surface area contributed by atoms with Crippen molar-refractivity contribution >= 4 is 15.9 Å². The molecule has 0 fully saturated rings. The molecule has 0 heterocycles. The number of ether oxygens (including phenoxy) is 1. The Kier molecular flexibility index (Phi) is 7.21. The van der Waals surface area contributed by atoms with Gasteiger partial charge in [0.05, 0.1) is 18.0 Å². The molecule has 2 N–H and O–H groups in total.